The lowest BCUT2D eigenvalue weighted by atomic mass is 10.2. The molecule has 2 aromatic rings. The lowest BCUT2D eigenvalue weighted by Crippen LogP contribution is -2.12. The first-order valence-corrected chi connectivity index (χ1v) is 7.12. The van der Waals surface area contributed by atoms with Gasteiger partial charge in [0.05, 0.1) is 11.6 Å². The van der Waals surface area contributed by atoms with Crippen molar-refractivity contribution < 1.29 is 4.42 Å². The van der Waals surface area contributed by atoms with E-state index < -0.39 is 0 Å². The van der Waals surface area contributed by atoms with Gasteiger partial charge in [0, 0.05) is 10.0 Å². The summed E-state index contributed by atoms with van der Waals surface area (Å²) in [4.78, 5) is 0. The van der Waals surface area contributed by atoms with Crippen LogP contribution in [0.5, 0.6) is 0 Å². The zero-order chi connectivity index (χ0) is 13.0. The monoisotopic (exact) mass is 327 g/mol. The Bertz CT molecular complexity index is 524. The van der Waals surface area contributed by atoms with Crippen LogP contribution in [0.1, 0.15) is 19.1 Å². The van der Waals surface area contributed by atoms with E-state index in [1.807, 2.05) is 30.3 Å². The minimum absolute atomic E-state index is 0.687. The number of hydrogen-bond donors (Lipinski definition) is 1. The van der Waals surface area contributed by atoms with E-state index in [0.717, 1.165) is 41.1 Å². The molecule has 1 N–H and O–H groups in total. The fraction of sp³-hybridized carbons (Fsp3) is 0.286. The van der Waals surface area contributed by atoms with Gasteiger partial charge in [-0.25, -0.2) is 0 Å². The zero-order valence-electron chi connectivity index (χ0n) is 10.2. The van der Waals surface area contributed by atoms with Crippen LogP contribution in [0.25, 0.3) is 11.3 Å². The minimum atomic E-state index is 0.687. The van der Waals surface area contributed by atoms with E-state index in [-0.39, 0.29) is 0 Å². The largest absolute Gasteiger partial charge is 0.460 e. The molecule has 4 heteroatoms. The summed E-state index contributed by atoms with van der Waals surface area (Å²) in [7, 11) is 0. The molecule has 0 aliphatic carbocycles. The standard InChI is InChI=1S/C14H15BrClNO/c1-2-7-17-9-11-4-6-14(18-11)12-5-3-10(15)8-13(12)16/h3-6,8,17H,2,7,9H2,1H3. The SMILES string of the molecule is CCCNCc1ccc(-c2ccc(Br)cc2Cl)o1. The number of furan rings is 1. The first-order chi connectivity index (χ1) is 8.70. The lowest BCUT2D eigenvalue weighted by Gasteiger charge is -2.02. The number of hydrogen-bond acceptors (Lipinski definition) is 2. The fourth-order valence-electron chi connectivity index (χ4n) is 1.70. The average Bonchev–Trinajstić information content (AvgIpc) is 2.78. The van der Waals surface area contributed by atoms with Crippen LogP contribution in [0, 0.1) is 0 Å². The summed E-state index contributed by atoms with van der Waals surface area (Å²) in [5.74, 6) is 1.73. The Labute approximate surface area is 120 Å². The topological polar surface area (TPSA) is 25.2 Å². The molecule has 1 aromatic heterocycles. The van der Waals surface area contributed by atoms with Gasteiger partial charge in [0.15, 0.2) is 0 Å². The van der Waals surface area contributed by atoms with E-state index in [0.29, 0.717) is 5.02 Å². The molecule has 1 aromatic carbocycles. The molecule has 0 amide bonds. The zero-order valence-corrected chi connectivity index (χ0v) is 12.5. The Kier molecular flexibility index (Phi) is 4.87. The van der Waals surface area contributed by atoms with Gasteiger partial charge in [0.1, 0.15) is 11.5 Å². The van der Waals surface area contributed by atoms with Crippen molar-refractivity contribution >= 4 is 27.5 Å². The highest BCUT2D eigenvalue weighted by Gasteiger charge is 2.08. The van der Waals surface area contributed by atoms with Gasteiger partial charge >= 0.3 is 0 Å². The molecule has 1 heterocycles. The second-order valence-corrected chi connectivity index (χ2v) is 5.39. The van der Waals surface area contributed by atoms with Gasteiger partial charge in [-0.1, -0.05) is 34.5 Å². The lowest BCUT2D eigenvalue weighted by molar-refractivity contribution is 0.493. The highest BCUT2D eigenvalue weighted by atomic mass is 79.9. The maximum absolute atomic E-state index is 6.19. The summed E-state index contributed by atoms with van der Waals surface area (Å²) in [5.41, 5.74) is 0.918. The maximum atomic E-state index is 6.19. The molecule has 0 aliphatic heterocycles. The van der Waals surface area contributed by atoms with Crippen LogP contribution in [-0.2, 0) is 6.54 Å². The van der Waals surface area contributed by atoms with Gasteiger partial charge in [-0.15, -0.1) is 0 Å². The summed E-state index contributed by atoms with van der Waals surface area (Å²) in [5, 5.41) is 3.99. The van der Waals surface area contributed by atoms with Gasteiger partial charge in [-0.3, -0.25) is 0 Å². The van der Waals surface area contributed by atoms with E-state index in [9.17, 15) is 0 Å². The van der Waals surface area contributed by atoms with Crippen molar-refractivity contribution in [3.63, 3.8) is 0 Å². The molecular weight excluding hydrogens is 314 g/mol. The highest BCUT2D eigenvalue weighted by Crippen LogP contribution is 2.31. The van der Waals surface area contributed by atoms with Crippen LogP contribution in [0.2, 0.25) is 5.02 Å². The second-order valence-electron chi connectivity index (χ2n) is 4.07. The van der Waals surface area contributed by atoms with Crippen molar-refractivity contribution in [1.82, 2.24) is 5.32 Å². The molecule has 0 fully saturated rings. The van der Waals surface area contributed by atoms with Crippen LogP contribution in [-0.4, -0.2) is 6.54 Å². The normalized spacial score (nSPS) is 10.8. The van der Waals surface area contributed by atoms with Crippen LogP contribution >= 0.6 is 27.5 Å². The van der Waals surface area contributed by atoms with E-state index in [2.05, 4.69) is 28.2 Å². The van der Waals surface area contributed by atoms with Crippen LogP contribution < -0.4 is 5.32 Å². The van der Waals surface area contributed by atoms with Gasteiger partial charge < -0.3 is 9.73 Å². The average molecular weight is 329 g/mol. The second kappa shape index (κ2) is 6.41. The number of rotatable bonds is 5. The third-order valence-corrected chi connectivity index (χ3v) is 3.39. The molecule has 0 atom stereocenters. The molecule has 0 radical (unpaired) electrons. The predicted octanol–water partition coefficient (Wildman–Crippen LogP) is 4.86. The maximum Gasteiger partial charge on any atom is 0.135 e. The molecule has 0 unspecified atom stereocenters. The number of halogens is 2. The van der Waals surface area contributed by atoms with Crippen LogP contribution in [0.3, 0.4) is 0 Å². The number of benzene rings is 1. The summed E-state index contributed by atoms with van der Waals surface area (Å²) in [6.45, 7) is 3.89. The van der Waals surface area contributed by atoms with E-state index in [4.69, 9.17) is 16.0 Å². The van der Waals surface area contributed by atoms with Crippen molar-refractivity contribution in [1.29, 1.82) is 0 Å². The third kappa shape index (κ3) is 3.37. The molecule has 0 bridgehead atoms. The molecule has 96 valence electrons. The van der Waals surface area contributed by atoms with Crippen LogP contribution in [0.15, 0.2) is 39.2 Å². The molecular formula is C14H15BrClNO. The smallest absolute Gasteiger partial charge is 0.135 e. The van der Waals surface area contributed by atoms with Crippen molar-refractivity contribution in [3.05, 3.63) is 45.6 Å². The minimum Gasteiger partial charge on any atom is -0.460 e. The fourth-order valence-corrected chi connectivity index (χ4v) is 2.46. The summed E-state index contributed by atoms with van der Waals surface area (Å²) in [6.07, 6.45) is 1.12. The molecule has 0 saturated carbocycles. The molecule has 2 rings (SSSR count). The molecule has 2 nitrogen and oxygen atoms in total. The summed E-state index contributed by atoms with van der Waals surface area (Å²) >= 11 is 9.59. The molecule has 18 heavy (non-hydrogen) atoms. The van der Waals surface area contributed by atoms with E-state index in [1.165, 1.54) is 0 Å². The summed E-state index contributed by atoms with van der Waals surface area (Å²) in [6, 6.07) is 9.72. The number of nitrogens with one attached hydrogen (secondary N) is 1. The van der Waals surface area contributed by atoms with Crippen molar-refractivity contribution in [2.45, 2.75) is 19.9 Å². The Hall–Kier alpha value is -0.770. The molecule has 0 aliphatic rings. The van der Waals surface area contributed by atoms with Gasteiger partial charge in [-0.05, 0) is 43.3 Å². The first kappa shape index (κ1) is 13.7. The van der Waals surface area contributed by atoms with Crippen molar-refractivity contribution in [3.8, 4) is 11.3 Å². The van der Waals surface area contributed by atoms with Crippen molar-refractivity contribution in [2.24, 2.45) is 0 Å². The van der Waals surface area contributed by atoms with Gasteiger partial charge in [0.25, 0.3) is 0 Å². The summed E-state index contributed by atoms with van der Waals surface area (Å²) < 4.78 is 6.74. The Morgan fingerprint density at radius 3 is 2.83 bits per heavy atom. The van der Waals surface area contributed by atoms with Gasteiger partial charge in [-0.2, -0.15) is 0 Å². The Balaban J connectivity index is 2.13. The highest BCUT2D eigenvalue weighted by molar-refractivity contribution is 9.10. The van der Waals surface area contributed by atoms with Crippen molar-refractivity contribution in [2.75, 3.05) is 6.54 Å². The third-order valence-electron chi connectivity index (χ3n) is 2.58. The van der Waals surface area contributed by atoms with E-state index >= 15 is 0 Å². The quantitative estimate of drug-likeness (QED) is 0.793. The van der Waals surface area contributed by atoms with Crippen LogP contribution in [0.4, 0.5) is 0 Å². The predicted molar refractivity (Wildman–Crippen MR) is 78.9 cm³/mol. The Morgan fingerprint density at radius 1 is 1.28 bits per heavy atom. The first-order valence-electron chi connectivity index (χ1n) is 5.95. The van der Waals surface area contributed by atoms with E-state index in [1.54, 1.807) is 0 Å². The van der Waals surface area contributed by atoms with Gasteiger partial charge in [0.2, 0.25) is 0 Å². The molecule has 0 saturated heterocycles. The Morgan fingerprint density at radius 2 is 2.11 bits per heavy atom. The molecule has 0 spiro atoms.